The van der Waals surface area contributed by atoms with E-state index < -0.39 is 36.8 Å². The SMILES string of the molecule is COc1c(Nc2cc(C)[nH]n2)nc(Sc2ccc(S(=O)(=O)C3(c4cccc([N+](=O)[O-])c4F)CC3)cc2F)nc1N1CCC(CN)CC1. The number of hydrogen-bond acceptors (Lipinski definition) is 12. The molecule has 1 aliphatic carbocycles. The van der Waals surface area contributed by atoms with E-state index in [9.17, 15) is 18.5 Å². The lowest BCUT2D eigenvalue weighted by Crippen LogP contribution is -2.37. The average molecular weight is 687 g/mol. The molecule has 4 N–H and O–H groups in total. The molecule has 2 aliphatic rings. The van der Waals surface area contributed by atoms with Crippen LogP contribution in [0, 0.1) is 34.6 Å². The summed E-state index contributed by atoms with van der Waals surface area (Å²) in [5.41, 5.74) is 5.59. The van der Waals surface area contributed by atoms with Crippen LogP contribution in [-0.4, -0.2) is 60.3 Å². The molecule has 0 spiro atoms. The molecule has 17 heteroatoms. The highest BCUT2D eigenvalue weighted by atomic mass is 32.2. The number of nitro groups is 1. The van der Waals surface area contributed by atoms with Gasteiger partial charge >= 0.3 is 5.69 Å². The third-order valence-corrected chi connectivity index (χ3v) is 12.0. The number of hydrogen-bond donors (Lipinski definition) is 3. The number of aromatic nitrogens is 4. The molecule has 47 heavy (non-hydrogen) atoms. The van der Waals surface area contributed by atoms with Crippen molar-refractivity contribution in [1.29, 1.82) is 0 Å². The van der Waals surface area contributed by atoms with Crippen LogP contribution in [0.5, 0.6) is 5.75 Å². The maximum Gasteiger partial charge on any atom is 0.305 e. The molecule has 3 heterocycles. The summed E-state index contributed by atoms with van der Waals surface area (Å²) in [6, 6.07) is 8.64. The van der Waals surface area contributed by atoms with Crippen molar-refractivity contribution < 1.29 is 26.9 Å². The minimum absolute atomic E-state index is 0.0435. The molecule has 2 aromatic carbocycles. The first-order valence-corrected chi connectivity index (χ1v) is 17.1. The molecule has 248 valence electrons. The van der Waals surface area contributed by atoms with Gasteiger partial charge in [0.2, 0.25) is 11.6 Å². The first kappa shape index (κ1) is 32.6. The Hall–Kier alpha value is -4.35. The Labute approximate surface area is 273 Å². The lowest BCUT2D eigenvalue weighted by Gasteiger charge is -2.33. The molecule has 1 saturated heterocycles. The Morgan fingerprint density at radius 2 is 1.94 bits per heavy atom. The van der Waals surface area contributed by atoms with Crippen LogP contribution in [0.15, 0.2) is 57.4 Å². The zero-order valence-electron chi connectivity index (χ0n) is 25.5. The number of H-pyrrole nitrogens is 1. The highest BCUT2D eigenvalue weighted by Crippen LogP contribution is 2.56. The third-order valence-electron chi connectivity index (χ3n) is 8.53. The van der Waals surface area contributed by atoms with Gasteiger partial charge in [0.05, 0.1) is 21.8 Å². The van der Waals surface area contributed by atoms with Gasteiger partial charge in [-0.1, -0.05) is 12.1 Å². The average Bonchev–Trinajstić information content (AvgIpc) is 3.77. The minimum atomic E-state index is -4.33. The fourth-order valence-electron chi connectivity index (χ4n) is 5.80. The number of piperidine rings is 1. The molecule has 6 rings (SSSR count). The summed E-state index contributed by atoms with van der Waals surface area (Å²) in [6.45, 7) is 3.79. The second-order valence-electron chi connectivity index (χ2n) is 11.5. The van der Waals surface area contributed by atoms with E-state index in [4.69, 9.17) is 15.5 Å². The van der Waals surface area contributed by atoms with Crippen LogP contribution in [-0.2, 0) is 14.6 Å². The van der Waals surface area contributed by atoms with Gasteiger partial charge in [0.15, 0.2) is 32.4 Å². The highest BCUT2D eigenvalue weighted by Gasteiger charge is 2.58. The number of aromatic amines is 1. The van der Waals surface area contributed by atoms with E-state index in [1.807, 2.05) is 6.92 Å². The molecule has 2 fully saturated rings. The number of halogens is 2. The molecule has 0 atom stereocenters. The number of benzene rings is 2. The van der Waals surface area contributed by atoms with Crippen LogP contribution >= 0.6 is 11.8 Å². The smallest absolute Gasteiger partial charge is 0.305 e. The molecule has 1 aliphatic heterocycles. The topological polar surface area (TPSA) is 182 Å². The Bertz CT molecular complexity index is 1950. The van der Waals surface area contributed by atoms with Crippen molar-refractivity contribution in [2.24, 2.45) is 11.7 Å². The molecule has 4 aromatic rings. The normalized spacial score (nSPS) is 16.2. The summed E-state index contributed by atoms with van der Waals surface area (Å²) in [4.78, 5) is 21.5. The molecule has 13 nitrogen and oxygen atoms in total. The number of aryl methyl sites for hydroxylation is 1. The van der Waals surface area contributed by atoms with E-state index in [1.165, 1.54) is 31.4 Å². The quantitative estimate of drug-likeness (QED) is 0.106. The Morgan fingerprint density at radius 1 is 1.19 bits per heavy atom. The monoisotopic (exact) mass is 686 g/mol. The second kappa shape index (κ2) is 12.7. The van der Waals surface area contributed by atoms with Gasteiger partial charge in [-0.3, -0.25) is 15.2 Å². The number of ether oxygens (including phenoxy) is 1. The van der Waals surface area contributed by atoms with E-state index in [-0.39, 0.29) is 33.4 Å². The van der Waals surface area contributed by atoms with Gasteiger partial charge in [0.25, 0.3) is 0 Å². The van der Waals surface area contributed by atoms with Gasteiger partial charge in [-0.05, 0) is 75.0 Å². The Balaban J connectivity index is 1.33. The third kappa shape index (κ3) is 6.09. The molecular formula is C30H32F2N8O5S2. The van der Waals surface area contributed by atoms with Crippen LogP contribution in [0.4, 0.5) is 31.9 Å². The van der Waals surface area contributed by atoms with Gasteiger partial charge in [0, 0.05) is 36.5 Å². The predicted octanol–water partition coefficient (Wildman–Crippen LogP) is 5.24. The van der Waals surface area contributed by atoms with Crippen molar-refractivity contribution in [3.63, 3.8) is 0 Å². The molecule has 0 bridgehead atoms. The zero-order valence-corrected chi connectivity index (χ0v) is 27.1. The van der Waals surface area contributed by atoms with Gasteiger partial charge < -0.3 is 20.7 Å². The largest absolute Gasteiger partial charge is 0.490 e. The number of anilines is 3. The van der Waals surface area contributed by atoms with E-state index in [2.05, 4.69) is 25.4 Å². The standard InChI is InChI=1S/C30H32F2N8O5S2/c1-17-14-24(38-37-17)34-27-26(45-2)28(39-12-8-18(16-33)9-13-39)36-29(35-27)46-23-7-6-19(15-21(23)31)47(43,44)30(10-11-30)20-4-3-5-22(25(20)32)40(41)42/h3-7,14-15,18H,8-13,16,33H2,1-2H3,(H2,34,35,36,37,38). The van der Waals surface area contributed by atoms with Crippen LogP contribution in [0.3, 0.4) is 0 Å². The number of rotatable bonds is 11. The fraction of sp³-hybridized carbons (Fsp3) is 0.367. The highest BCUT2D eigenvalue weighted by molar-refractivity contribution is 7.99. The summed E-state index contributed by atoms with van der Waals surface area (Å²) in [5.74, 6) is 0.00854. The number of nitrogens with zero attached hydrogens (tertiary/aromatic N) is 5. The number of nitrogens with one attached hydrogen (secondary N) is 2. The van der Waals surface area contributed by atoms with Crippen molar-refractivity contribution in [2.75, 3.05) is 37.0 Å². The first-order chi connectivity index (χ1) is 22.5. The lowest BCUT2D eigenvalue weighted by molar-refractivity contribution is -0.387. The molecule has 0 amide bonds. The van der Waals surface area contributed by atoms with Crippen molar-refractivity contribution in [1.82, 2.24) is 20.2 Å². The summed E-state index contributed by atoms with van der Waals surface area (Å²) >= 11 is 0.896. The summed E-state index contributed by atoms with van der Waals surface area (Å²) < 4.78 is 62.3. The van der Waals surface area contributed by atoms with Gasteiger partial charge in [-0.15, -0.1) is 0 Å². The van der Waals surface area contributed by atoms with E-state index in [1.54, 1.807) is 6.07 Å². The minimum Gasteiger partial charge on any atom is -0.490 e. The van der Waals surface area contributed by atoms with Gasteiger partial charge in [0.1, 0.15) is 10.6 Å². The van der Waals surface area contributed by atoms with Crippen molar-refractivity contribution >= 4 is 44.7 Å². The zero-order chi connectivity index (χ0) is 33.5. The number of nitrogens with two attached hydrogens (primary N) is 1. The van der Waals surface area contributed by atoms with Crippen molar-refractivity contribution in [2.45, 2.75) is 52.3 Å². The van der Waals surface area contributed by atoms with Crippen molar-refractivity contribution in [3.8, 4) is 5.75 Å². The van der Waals surface area contributed by atoms with Crippen LogP contribution < -0.4 is 20.7 Å². The molecular weight excluding hydrogens is 655 g/mol. The Kier molecular flexibility index (Phi) is 8.80. The summed E-state index contributed by atoms with van der Waals surface area (Å²) in [6.07, 6.45) is 1.81. The van der Waals surface area contributed by atoms with Gasteiger partial charge in [-0.2, -0.15) is 9.49 Å². The number of nitro benzene ring substituents is 1. The summed E-state index contributed by atoms with van der Waals surface area (Å²) in [7, 11) is -2.82. The molecule has 2 aromatic heterocycles. The maximum absolute atomic E-state index is 15.7. The van der Waals surface area contributed by atoms with Crippen molar-refractivity contribution in [3.05, 3.63) is 75.5 Å². The molecule has 1 saturated carbocycles. The number of methoxy groups -OCH3 is 1. The van der Waals surface area contributed by atoms with E-state index in [0.717, 1.165) is 42.4 Å². The lowest BCUT2D eigenvalue weighted by atomic mass is 9.97. The van der Waals surface area contributed by atoms with Gasteiger partial charge in [-0.25, -0.2) is 22.8 Å². The Morgan fingerprint density at radius 3 is 2.53 bits per heavy atom. The van der Waals surface area contributed by atoms with Crippen LogP contribution in [0.1, 0.15) is 36.9 Å². The summed E-state index contributed by atoms with van der Waals surface area (Å²) in [5, 5.41) is 21.7. The maximum atomic E-state index is 15.7. The number of sulfone groups is 1. The van der Waals surface area contributed by atoms with Crippen LogP contribution in [0.25, 0.3) is 0 Å². The van der Waals surface area contributed by atoms with E-state index in [0.29, 0.717) is 48.8 Å². The van der Waals surface area contributed by atoms with Crippen LogP contribution in [0.2, 0.25) is 0 Å². The fourth-order valence-corrected chi connectivity index (χ4v) is 8.60. The first-order valence-electron chi connectivity index (χ1n) is 14.8. The molecule has 0 radical (unpaired) electrons. The molecule has 0 unspecified atom stereocenters. The second-order valence-corrected chi connectivity index (χ2v) is 14.8. The predicted molar refractivity (Wildman–Crippen MR) is 171 cm³/mol. The van der Waals surface area contributed by atoms with E-state index >= 15 is 8.78 Å².